The first kappa shape index (κ1) is 22.9. The molecule has 0 aliphatic rings. The van der Waals surface area contributed by atoms with E-state index in [-0.39, 0.29) is 17.2 Å². The number of benzene rings is 2. The van der Waals surface area contributed by atoms with Crippen molar-refractivity contribution in [3.05, 3.63) is 58.1 Å². The Morgan fingerprint density at radius 2 is 1.68 bits per heavy atom. The van der Waals surface area contributed by atoms with Crippen molar-refractivity contribution < 1.29 is 10.2 Å². The van der Waals surface area contributed by atoms with Gasteiger partial charge >= 0.3 is 0 Å². The van der Waals surface area contributed by atoms with Gasteiger partial charge in [0.15, 0.2) is 0 Å². The number of hydrogen-bond donors (Lipinski definition) is 2. The summed E-state index contributed by atoms with van der Waals surface area (Å²) in [6.07, 6.45) is 3.25. The second-order valence-electron chi connectivity index (χ2n) is 9.32. The van der Waals surface area contributed by atoms with Crippen molar-refractivity contribution in [2.24, 2.45) is 0 Å². The van der Waals surface area contributed by atoms with Crippen LogP contribution in [0.4, 0.5) is 0 Å². The van der Waals surface area contributed by atoms with Crippen molar-refractivity contribution in [2.75, 3.05) is 0 Å². The van der Waals surface area contributed by atoms with Crippen LogP contribution in [-0.4, -0.2) is 10.2 Å². The van der Waals surface area contributed by atoms with E-state index >= 15 is 0 Å². The average Bonchev–Trinajstić information content (AvgIpc) is 2.62. The van der Waals surface area contributed by atoms with Crippen molar-refractivity contribution in [3.8, 4) is 5.75 Å². The fourth-order valence-corrected chi connectivity index (χ4v) is 5.40. The minimum Gasteiger partial charge on any atom is -0.507 e. The lowest BCUT2D eigenvalue weighted by molar-refractivity contribution is 0.283. The van der Waals surface area contributed by atoms with Gasteiger partial charge in [-0.15, -0.1) is 0 Å². The predicted octanol–water partition coefficient (Wildman–Crippen LogP) is 6.21. The van der Waals surface area contributed by atoms with Crippen molar-refractivity contribution >= 4 is 13.9 Å². The highest BCUT2D eigenvalue weighted by Gasteiger charge is 2.32. The molecule has 2 unspecified atom stereocenters. The molecule has 2 N–H and O–H groups in total. The van der Waals surface area contributed by atoms with Crippen LogP contribution in [0.2, 0.25) is 0 Å². The molecule has 3 heteroatoms. The van der Waals surface area contributed by atoms with Crippen LogP contribution in [0.15, 0.2) is 30.3 Å². The summed E-state index contributed by atoms with van der Waals surface area (Å²) in [7, 11) is 0.490. The third-order valence-electron chi connectivity index (χ3n) is 5.63. The molecule has 0 bridgehead atoms. The van der Waals surface area contributed by atoms with E-state index in [1.165, 1.54) is 16.4 Å². The molecule has 0 spiro atoms. The second kappa shape index (κ2) is 8.97. The summed E-state index contributed by atoms with van der Waals surface area (Å²) in [6.45, 7) is 15.3. The monoisotopic (exact) mass is 400 g/mol. The standard InChI is InChI=1S/C25H37O2P/c1-8-9-12-25(7,28-22-11-10-17(2)13-19(22)16-26)21-15-20(24(4,5)6)14-18(3)23(21)27/h10-11,13-15,26-28H,8-9,12,16H2,1-7H3. The molecule has 0 radical (unpaired) electrons. The van der Waals surface area contributed by atoms with Gasteiger partial charge in [-0.25, -0.2) is 0 Å². The van der Waals surface area contributed by atoms with Crippen molar-refractivity contribution in [1.82, 2.24) is 0 Å². The van der Waals surface area contributed by atoms with Crippen LogP contribution in [0.25, 0.3) is 0 Å². The van der Waals surface area contributed by atoms with Gasteiger partial charge in [0, 0.05) is 10.7 Å². The van der Waals surface area contributed by atoms with E-state index in [2.05, 4.69) is 71.9 Å². The summed E-state index contributed by atoms with van der Waals surface area (Å²) in [5, 5.41) is 22.0. The number of aliphatic hydroxyl groups is 1. The summed E-state index contributed by atoms with van der Waals surface area (Å²) in [4.78, 5) is 0. The van der Waals surface area contributed by atoms with E-state index in [0.29, 0.717) is 14.3 Å². The molecule has 28 heavy (non-hydrogen) atoms. The Labute approximate surface area is 173 Å². The SMILES string of the molecule is CCCCC(C)(Pc1ccc(C)cc1CO)c1cc(C(C)(C)C)cc(C)c1O. The van der Waals surface area contributed by atoms with E-state index < -0.39 is 0 Å². The van der Waals surface area contributed by atoms with Gasteiger partial charge in [-0.1, -0.05) is 91.9 Å². The fourth-order valence-electron chi connectivity index (χ4n) is 3.70. The largest absolute Gasteiger partial charge is 0.507 e. The molecule has 0 aromatic heterocycles. The van der Waals surface area contributed by atoms with Crippen molar-refractivity contribution in [3.63, 3.8) is 0 Å². The van der Waals surface area contributed by atoms with Crippen molar-refractivity contribution in [2.45, 2.75) is 84.9 Å². The molecule has 0 heterocycles. The number of aryl methyl sites for hydroxylation is 2. The van der Waals surface area contributed by atoms with Crippen molar-refractivity contribution in [1.29, 1.82) is 0 Å². The molecule has 0 fully saturated rings. The summed E-state index contributed by atoms with van der Waals surface area (Å²) in [6, 6.07) is 10.7. The lowest BCUT2D eigenvalue weighted by Gasteiger charge is -2.34. The fraction of sp³-hybridized carbons (Fsp3) is 0.520. The maximum atomic E-state index is 11.0. The van der Waals surface area contributed by atoms with Gasteiger partial charge in [0.1, 0.15) is 5.75 Å². The highest BCUT2D eigenvalue weighted by Crippen LogP contribution is 2.50. The first-order valence-electron chi connectivity index (χ1n) is 10.3. The summed E-state index contributed by atoms with van der Waals surface area (Å²) in [5.74, 6) is 0.428. The van der Waals surface area contributed by atoms with Gasteiger partial charge in [-0.05, 0) is 47.7 Å². The van der Waals surface area contributed by atoms with Gasteiger partial charge < -0.3 is 10.2 Å². The van der Waals surface area contributed by atoms with E-state index in [1.54, 1.807) is 0 Å². The molecular weight excluding hydrogens is 363 g/mol. The Bertz CT molecular complexity index is 820. The van der Waals surface area contributed by atoms with Crippen LogP contribution in [0.5, 0.6) is 5.75 Å². The maximum Gasteiger partial charge on any atom is 0.122 e. The predicted molar refractivity (Wildman–Crippen MR) is 123 cm³/mol. The molecule has 0 aliphatic carbocycles. The van der Waals surface area contributed by atoms with E-state index in [1.807, 2.05) is 6.92 Å². The van der Waals surface area contributed by atoms with Gasteiger partial charge in [0.2, 0.25) is 0 Å². The van der Waals surface area contributed by atoms with Gasteiger partial charge in [-0.2, -0.15) is 0 Å². The first-order chi connectivity index (χ1) is 13.0. The Morgan fingerprint density at radius 1 is 1.00 bits per heavy atom. The van der Waals surface area contributed by atoms with Crippen LogP contribution in [0, 0.1) is 13.8 Å². The maximum absolute atomic E-state index is 11.0. The number of aromatic hydroxyl groups is 1. The number of phenols is 1. The normalized spacial score (nSPS) is 14.6. The molecule has 2 aromatic carbocycles. The zero-order chi connectivity index (χ0) is 21.1. The minimum atomic E-state index is -0.161. The highest BCUT2D eigenvalue weighted by atomic mass is 31.1. The van der Waals surface area contributed by atoms with E-state index in [9.17, 15) is 10.2 Å². The zero-order valence-electron chi connectivity index (χ0n) is 18.6. The summed E-state index contributed by atoms with van der Waals surface area (Å²) < 4.78 is 0. The zero-order valence-corrected chi connectivity index (χ0v) is 19.6. The molecule has 0 saturated carbocycles. The summed E-state index contributed by atoms with van der Waals surface area (Å²) in [5.41, 5.74) is 5.46. The topological polar surface area (TPSA) is 40.5 Å². The Hall–Kier alpha value is -1.37. The number of aliphatic hydroxyl groups excluding tert-OH is 1. The molecule has 2 atom stereocenters. The van der Waals surface area contributed by atoms with E-state index in [0.717, 1.165) is 36.0 Å². The van der Waals surface area contributed by atoms with Gasteiger partial charge in [0.25, 0.3) is 0 Å². The van der Waals surface area contributed by atoms with Crippen LogP contribution in [0.3, 0.4) is 0 Å². The Morgan fingerprint density at radius 3 is 2.25 bits per heavy atom. The van der Waals surface area contributed by atoms with Crippen LogP contribution < -0.4 is 5.30 Å². The average molecular weight is 401 g/mol. The third kappa shape index (κ3) is 5.16. The number of hydrogen-bond acceptors (Lipinski definition) is 2. The number of rotatable bonds is 7. The molecule has 0 amide bonds. The summed E-state index contributed by atoms with van der Waals surface area (Å²) >= 11 is 0. The minimum absolute atomic E-state index is 0.0299. The molecule has 2 nitrogen and oxygen atoms in total. The van der Waals surface area contributed by atoms with Crippen LogP contribution in [-0.2, 0) is 17.2 Å². The molecule has 2 aromatic rings. The lowest BCUT2D eigenvalue weighted by atomic mass is 9.82. The molecule has 0 saturated heterocycles. The molecule has 2 rings (SSSR count). The quantitative estimate of drug-likeness (QED) is 0.543. The van der Waals surface area contributed by atoms with Gasteiger partial charge in [0.05, 0.1) is 6.61 Å². The number of unbranched alkanes of at least 4 members (excludes halogenated alkanes) is 1. The Balaban J connectivity index is 2.61. The smallest absolute Gasteiger partial charge is 0.122 e. The Kier molecular flexibility index (Phi) is 7.34. The number of phenolic OH excluding ortho intramolecular Hbond substituents is 1. The molecule has 0 aliphatic heterocycles. The first-order valence-corrected chi connectivity index (χ1v) is 11.3. The van der Waals surface area contributed by atoms with Crippen LogP contribution in [0.1, 0.15) is 81.7 Å². The second-order valence-corrected chi connectivity index (χ2v) is 11.2. The highest BCUT2D eigenvalue weighted by molar-refractivity contribution is 7.48. The lowest BCUT2D eigenvalue weighted by Crippen LogP contribution is -2.23. The molecule has 154 valence electrons. The molecular formula is C25H37O2P. The van der Waals surface area contributed by atoms with E-state index in [4.69, 9.17) is 0 Å². The van der Waals surface area contributed by atoms with Gasteiger partial charge in [-0.3, -0.25) is 0 Å². The van der Waals surface area contributed by atoms with Crippen LogP contribution >= 0.6 is 8.58 Å². The third-order valence-corrected chi connectivity index (χ3v) is 7.46.